The molecule has 7 nitrogen and oxygen atoms in total. The molecule has 0 radical (unpaired) electrons. The lowest BCUT2D eigenvalue weighted by Crippen LogP contribution is -2.32. The molecule has 2 aromatic rings. The lowest BCUT2D eigenvalue weighted by Gasteiger charge is -2.20. The molecule has 2 amide bonds. The Morgan fingerprint density at radius 2 is 1.55 bits per heavy atom. The van der Waals surface area contributed by atoms with Gasteiger partial charge in [0.2, 0.25) is 5.91 Å². The molecule has 2 rings (SSSR count). The molecule has 2 N–H and O–H groups in total. The number of hydrogen-bond acceptors (Lipinski definition) is 5. The second-order valence-electron chi connectivity index (χ2n) is 7.39. The van der Waals surface area contributed by atoms with Gasteiger partial charge in [0.25, 0.3) is 0 Å². The van der Waals surface area contributed by atoms with Crippen molar-refractivity contribution in [3.63, 3.8) is 0 Å². The van der Waals surface area contributed by atoms with E-state index >= 15 is 0 Å². The third-order valence-electron chi connectivity index (χ3n) is 3.89. The minimum Gasteiger partial charge on any atom is -0.465 e. The molecular weight excluding hydrogens is 372 g/mol. The van der Waals surface area contributed by atoms with Gasteiger partial charge >= 0.3 is 12.1 Å². The Kier molecular flexibility index (Phi) is 7.36. The number of methoxy groups -OCH3 is 1. The molecule has 0 heterocycles. The Labute approximate surface area is 170 Å². The molecular formula is C22H26N2O5. The standard InChI is InChI=1S/C22H26N2O5/c1-22(2,3)29-21(27)23-14-16-10-6-8-12-18(16)24-19(25)13-15-9-5-7-11-17(15)20(26)28-4/h5-12H,13-14H2,1-4H3,(H,23,27)(H,24,25). The highest BCUT2D eigenvalue weighted by molar-refractivity contribution is 5.97. The summed E-state index contributed by atoms with van der Waals surface area (Å²) in [6, 6.07) is 13.9. The number of carbonyl (C=O) groups is 3. The molecule has 2 aromatic carbocycles. The number of benzene rings is 2. The summed E-state index contributed by atoms with van der Waals surface area (Å²) in [5.41, 5.74) is 1.63. The summed E-state index contributed by atoms with van der Waals surface area (Å²) in [7, 11) is 1.30. The van der Waals surface area contributed by atoms with Gasteiger partial charge in [-0.25, -0.2) is 9.59 Å². The predicted molar refractivity (Wildman–Crippen MR) is 110 cm³/mol. The molecule has 0 unspecified atom stereocenters. The van der Waals surface area contributed by atoms with Crippen molar-refractivity contribution >= 4 is 23.7 Å². The average molecular weight is 398 g/mol. The fourth-order valence-electron chi connectivity index (χ4n) is 2.63. The van der Waals surface area contributed by atoms with E-state index in [0.717, 1.165) is 5.56 Å². The average Bonchev–Trinajstić information content (AvgIpc) is 2.65. The largest absolute Gasteiger partial charge is 0.465 e. The molecule has 0 atom stereocenters. The number of ether oxygens (including phenoxy) is 2. The fraction of sp³-hybridized carbons (Fsp3) is 0.318. The quantitative estimate of drug-likeness (QED) is 0.724. The minimum absolute atomic E-state index is 0.0130. The van der Waals surface area contributed by atoms with Gasteiger partial charge < -0.3 is 20.1 Å². The highest BCUT2D eigenvalue weighted by atomic mass is 16.6. The molecule has 0 aliphatic heterocycles. The molecule has 154 valence electrons. The number of carbonyl (C=O) groups excluding carboxylic acids is 3. The van der Waals surface area contributed by atoms with Gasteiger partial charge in [-0.1, -0.05) is 36.4 Å². The normalized spacial score (nSPS) is 10.8. The van der Waals surface area contributed by atoms with E-state index in [2.05, 4.69) is 10.6 Å². The van der Waals surface area contributed by atoms with Crippen molar-refractivity contribution in [1.82, 2.24) is 5.32 Å². The van der Waals surface area contributed by atoms with Crippen LogP contribution in [-0.2, 0) is 27.2 Å². The summed E-state index contributed by atoms with van der Waals surface area (Å²) in [6.45, 7) is 5.55. The minimum atomic E-state index is -0.592. The number of alkyl carbamates (subject to hydrolysis) is 1. The van der Waals surface area contributed by atoms with E-state index < -0.39 is 17.7 Å². The van der Waals surface area contributed by atoms with Crippen LogP contribution in [0.1, 0.15) is 42.3 Å². The van der Waals surface area contributed by atoms with Crippen molar-refractivity contribution in [2.24, 2.45) is 0 Å². The van der Waals surface area contributed by atoms with Crippen LogP contribution in [0.2, 0.25) is 0 Å². The topological polar surface area (TPSA) is 93.7 Å². The molecule has 7 heteroatoms. The SMILES string of the molecule is COC(=O)c1ccccc1CC(=O)Nc1ccccc1CNC(=O)OC(C)(C)C. The van der Waals surface area contributed by atoms with Crippen LogP contribution in [0.3, 0.4) is 0 Å². The smallest absolute Gasteiger partial charge is 0.407 e. The third kappa shape index (κ3) is 6.95. The van der Waals surface area contributed by atoms with Crippen molar-refractivity contribution in [3.05, 3.63) is 65.2 Å². The third-order valence-corrected chi connectivity index (χ3v) is 3.89. The Morgan fingerprint density at radius 3 is 2.21 bits per heavy atom. The first-order valence-electron chi connectivity index (χ1n) is 9.20. The Balaban J connectivity index is 2.05. The number of rotatable bonds is 6. The van der Waals surface area contributed by atoms with E-state index in [0.29, 0.717) is 16.8 Å². The second-order valence-corrected chi connectivity index (χ2v) is 7.39. The molecule has 0 aliphatic carbocycles. The van der Waals surface area contributed by atoms with Crippen molar-refractivity contribution < 1.29 is 23.9 Å². The molecule has 0 spiro atoms. The number of nitrogens with one attached hydrogen (secondary N) is 2. The van der Waals surface area contributed by atoms with E-state index in [1.165, 1.54) is 7.11 Å². The Hall–Kier alpha value is -3.35. The van der Waals surface area contributed by atoms with Gasteiger partial charge in [-0.05, 0) is 44.0 Å². The van der Waals surface area contributed by atoms with E-state index in [4.69, 9.17) is 9.47 Å². The maximum Gasteiger partial charge on any atom is 0.407 e. The lowest BCUT2D eigenvalue weighted by molar-refractivity contribution is -0.115. The highest BCUT2D eigenvalue weighted by Crippen LogP contribution is 2.17. The van der Waals surface area contributed by atoms with E-state index in [9.17, 15) is 14.4 Å². The van der Waals surface area contributed by atoms with Gasteiger partial charge in [0.15, 0.2) is 0 Å². The summed E-state index contributed by atoms with van der Waals surface area (Å²) < 4.78 is 9.99. The molecule has 0 saturated carbocycles. The van der Waals surface area contributed by atoms with Gasteiger partial charge in [-0.15, -0.1) is 0 Å². The molecule has 0 aliphatic rings. The second kappa shape index (κ2) is 9.73. The zero-order valence-electron chi connectivity index (χ0n) is 17.1. The first-order valence-corrected chi connectivity index (χ1v) is 9.20. The van der Waals surface area contributed by atoms with Crippen LogP contribution < -0.4 is 10.6 Å². The number of para-hydroxylation sites is 1. The van der Waals surface area contributed by atoms with Crippen LogP contribution >= 0.6 is 0 Å². The molecule has 0 fully saturated rings. The summed E-state index contributed by atoms with van der Waals surface area (Å²) in [4.78, 5) is 36.3. The highest BCUT2D eigenvalue weighted by Gasteiger charge is 2.17. The summed E-state index contributed by atoms with van der Waals surface area (Å²) >= 11 is 0. The summed E-state index contributed by atoms with van der Waals surface area (Å²) in [5, 5.41) is 5.51. The van der Waals surface area contributed by atoms with Crippen LogP contribution in [-0.4, -0.2) is 30.7 Å². The molecule has 0 bridgehead atoms. The number of anilines is 1. The molecule has 29 heavy (non-hydrogen) atoms. The first kappa shape index (κ1) is 21.9. The van der Waals surface area contributed by atoms with Gasteiger partial charge in [-0.3, -0.25) is 4.79 Å². The van der Waals surface area contributed by atoms with E-state index in [1.54, 1.807) is 63.2 Å². The summed E-state index contributed by atoms with van der Waals surface area (Å²) in [6.07, 6.45) is -0.523. The van der Waals surface area contributed by atoms with Crippen molar-refractivity contribution in [3.8, 4) is 0 Å². The van der Waals surface area contributed by atoms with Crippen LogP contribution in [0.5, 0.6) is 0 Å². The van der Waals surface area contributed by atoms with Crippen molar-refractivity contribution in [2.75, 3.05) is 12.4 Å². The zero-order chi connectivity index (χ0) is 21.4. The monoisotopic (exact) mass is 398 g/mol. The number of hydrogen-bond donors (Lipinski definition) is 2. The van der Waals surface area contributed by atoms with Crippen LogP contribution in [0.25, 0.3) is 0 Å². The van der Waals surface area contributed by atoms with E-state index in [1.807, 2.05) is 6.07 Å². The van der Waals surface area contributed by atoms with E-state index in [-0.39, 0.29) is 18.9 Å². The maximum atomic E-state index is 12.5. The van der Waals surface area contributed by atoms with Crippen molar-refractivity contribution in [2.45, 2.75) is 39.3 Å². The number of amides is 2. The van der Waals surface area contributed by atoms with Gasteiger partial charge in [0, 0.05) is 12.2 Å². The van der Waals surface area contributed by atoms with Gasteiger partial charge in [-0.2, -0.15) is 0 Å². The van der Waals surface area contributed by atoms with Crippen LogP contribution in [0.4, 0.5) is 10.5 Å². The number of esters is 1. The van der Waals surface area contributed by atoms with Crippen molar-refractivity contribution in [1.29, 1.82) is 0 Å². The Bertz CT molecular complexity index is 887. The first-order chi connectivity index (χ1) is 13.7. The zero-order valence-corrected chi connectivity index (χ0v) is 17.1. The van der Waals surface area contributed by atoms with Gasteiger partial charge in [0.1, 0.15) is 5.60 Å². The lowest BCUT2D eigenvalue weighted by atomic mass is 10.0. The van der Waals surface area contributed by atoms with Crippen LogP contribution in [0.15, 0.2) is 48.5 Å². The maximum absolute atomic E-state index is 12.5. The molecule has 0 aromatic heterocycles. The van der Waals surface area contributed by atoms with Crippen LogP contribution in [0, 0.1) is 0 Å². The predicted octanol–water partition coefficient (Wildman–Crippen LogP) is 3.68. The fourth-order valence-corrected chi connectivity index (χ4v) is 2.63. The summed E-state index contributed by atoms with van der Waals surface area (Å²) in [5.74, 6) is -0.776. The molecule has 0 saturated heterocycles. The Morgan fingerprint density at radius 1 is 0.931 bits per heavy atom. The van der Waals surface area contributed by atoms with Gasteiger partial charge in [0.05, 0.1) is 19.1 Å².